The maximum atomic E-state index is 4.35. The summed E-state index contributed by atoms with van der Waals surface area (Å²) in [6.45, 7) is 0. The van der Waals surface area contributed by atoms with Crippen LogP contribution < -0.4 is 0 Å². The minimum atomic E-state index is 0.847. The molecule has 0 atom stereocenters. The van der Waals surface area contributed by atoms with Crippen LogP contribution in [0.1, 0.15) is 0 Å². The van der Waals surface area contributed by atoms with Gasteiger partial charge >= 0.3 is 0 Å². The first kappa shape index (κ1) is 10.9. The first-order chi connectivity index (χ1) is 9.92. The van der Waals surface area contributed by atoms with E-state index in [-0.39, 0.29) is 0 Å². The number of aromatic amines is 1. The van der Waals surface area contributed by atoms with Gasteiger partial charge in [0, 0.05) is 24.2 Å². The van der Waals surface area contributed by atoms with Crippen molar-refractivity contribution >= 4 is 5.65 Å². The lowest BCUT2D eigenvalue weighted by Gasteiger charge is -2.03. The van der Waals surface area contributed by atoms with Crippen LogP contribution in [-0.4, -0.2) is 24.6 Å². The van der Waals surface area contributed by atoms with Gasteiger partial charge in [0.1, 0.15) is 0 Å². The molecule has 4 aromatic rings. The van der Waals surface area contributed by atoms with Crippen molar-refractivity contribution in [3.8, 4) is 22.5 Å². The summed E-state index contributed by atoms with van der Waals surface area (Å²) in [5.74, 6) is 0. The molecule has 20 heavy (non-hydrogen) atoms. The van der Waals surface area contributed by atoms with Crippen LogP contribution in [-0.2, 0) is 0 Å². The molecule has 0 spiro atoms. The zero-order chi connectivity index (χ0) is 13.4. The number of hydrogen-bond acceptors (Lipinski definition) is 3. The summed E-state index contributed by atoms with van der Waals surface area (Å²) in [6, 6.07) is 10.3. The van der Waals surface area contributed by atoms with Gasteiger partial charge in [0.15, 0.2) is 5.65 Å². The van der Waals surface area contributed by atoms with E-state index in [1.165, 1.54) is 0 Å². The third-order valence-electron chi connectivity index (χ3n) is 3.31. The summed E-state index contributed by atoms with van der Waals surface area (Å²) in [6.07, 6.45) is 9.04. The van der Waals surface area contributed by atoms with Crippen molar-refractivity contribution in [1.29, 1.82) is 0 Å². The Hall–Kier alpha value is -2.95. The average Bonchev–Trinajstić information content (AvgIpc) is 3.17. The lowest BCUT2D eigenvalue weighted by molar-refractivity contribution is 1.10. The molecule has 0 aliphatic rings. The van der Waals surface area contributed by atoms with Gasteiger partial charge in [0.25, 0.3) is 0 Å². The zero-order valence-corrected chi connectivity index (χ0v) is 10.6. The predicted molar refractivity (Wildman–Crippen MR) is 76.0 cm³/mol. The van der Waals surface area contributed by atoms with Gasteiger partial charge in [-0.25, -0.2) is 4.98 Å². The summed E-state index contributed by atoms with van der Waals surface area (Å²) in [7, 11) is 0. The fourth-order valence-corrected chi connectivity index (χ4v) is 2.29. The number of nitrogens with zero attached hydrogens (tertiary/aromatic N) is 4. The normalized spacial score (nSPS) is 11.0. The molecule has 0 bridgehead atoms. The van der Waals surface area contributed by atoms with Crippen molar-refractivity contribution in [3.63, 3.8) is 0 Å². The van der Waals surface area contributed by atoms with E-state index < -0.39 is 0 Å². The summed E-state index contributed by atoms with van der Waals surface area (Å²) in [5.41, 5.74) is 5.14. The molecule has 0 fully saturated rings. The van der Waals surface area contributed by atoms with Gasteiger partial charge in [-0.2, -0.15) is 5.10 Å². The standard InChI is InChI=1S/C15H11N5/c1-3-12(4-2-11(1)13-5-6-18-19-13)14-9-17-15-10-16-7-8-20(14)15/h1-10H,(H,18,19). The first-order valence-corrected chi connectivity index (χ1v) is 6.29. The maximum Gasteiger partial charge on any atom is 0.155 e. The van der Waals surface area contributed by atoms with Crippen LogP contribution in [0.15, 0.2) is 61.3 Å². The van der Waals surface area contributed by atoms with Crippen LogP contribution in [0, 0.1) is 0 Å². The van der Waals surface area contributed by atoms with E-state index in [1.54, 1.807) is 18.6 Å². The number of benzene rings is 1. The Labute approximate surface area is 115 Å². The van der Waals surface area contributed by atoms with Crippen LogP contribution in [0.25, 0.3) is 28.2 Å². The quantitative estimate of drug-likeness (QED) is 0.603. The van der Waals surface area contributed by atoms with Gasteiger partial charge < -0.3 is 0 Å². The first-order valence-electron chi connectivity index (χ1n) is 6.29. The molecule has 0 aliphatic heterocycles. The molecule has 3 aromatic heterocycles. The Morgan fingerprint density at radius 1 is 0.900 bits per heavy atom. The van der Waals surface area contributed by atoms with Crippen LogP contribution in [0.4, 0.5) is 0 Å². The molecule has 96 valence electrons. The van der Waals surface area contributed by atoms with E-state index in [1.807, 2.05) is 22.9 Å². The summed E-state index contributed by atoms with van der Waals surface area (Å²) in [4.78, 5) is 8.42. The molecule has 0 saturated heterocycles. The van der Waals surface area contributed by atoms with Gasteiger partial charge in [-0.3, -0.25) is 14.5 Å². The Kier molecular flexibility index (Phi) is 2.35. The summed E-state index contributed by atoms with van der Waals surface area (Å²) in [5, 5.41) is 6.93. The van der Waals surface area contributed by atoms with E-state index in [0.29, 0.717) is 0 Å². The molecule has 0 amide bonds. The second kappa shape index (κ2) is 4.31. The van der Waals surface area contributed by atoms with Gasteiger partial charge in [0.2, 0.25) is 0 Å². The van der Waals surface area contributed by atoms with E-state index in [9.17, 15) is 0 Å². The average molecular weight is 261 g/mol. The molecule has 4 rings (SSSR count). The fraction of sp³-hybridized carbons (Fsp3) is 0. The predicted octanol–water partition coefficient (Wildman–Crippen LogP) is 2.79. The van der Waals surface area contributed by atoms with Crippen molar-refractivity contribution in [2.24, 2.45) is 0 Å². The molecule has 3 heterocycles. The van der Waals surface area contributed by atoms with Crippen LogP contribution in [0.2, 0.25) is 0 Å². The highest BCUT2D eigenvalue weighted by Gasteiger charge is 2.06. The molecular formula is C15H11N5. The Balaban J connectivity index is 1.79. The second-order valence-electron chi connectivity index (χ2n) is 4.50. The molecule has 0 saturated carbocycles. The molecule has 5 heteroatoms. The largest absolute Gasteiger partial charge is 0.297 e. The van der Waals surface area contributed by atoms with E-state index in [0.717, 1.165) is 28.2 Å². The molecule has 1 aromatic carbocycles. The van der Waals surface area contributed by atoms with Crippen molar-refractivity contribution < 1.29 is 0 Å². The summed E-state index contributed by atoms with van der Waals surface area (Å²) >= 11 is 0. The number of H-pyrrole nitrogens is 1. The Morgan fingerprint density at radius 3 is 2.55 bits per heavy atom. The highest BCUT2D eigenvalue weighted by atomic mass is 15.1. The van der Waals surface area contributed by atoms with Gasteiger partial charge in [-0.15, -0.1) is 0 Å². The lowest BCUT2D eigenvalue weighted by Crippen LogP contribution is -1.88. The van der Waals surface area contributed by atoms with Crippen molar-refractivity contribution in [1.82, 2.24) is 24.6 Å². The number of fused-ring (bicyclic) bond motifs is 1. The Bertz CT molecular complexity index is 844. The van der Waals surface area contributed by atoms with E-state index in [4.69, 9.17) is 0 Å². The van der Waals surface area contributed by atoms with Gasteiger partial charge in [-0.05, 0) is 11.6 Å². The third kappa shape index (κ3) is 1.68. The van der Waals surface area contributed by atoms with E-state index in [2.05, 4.69) is 44.4 Å². The van der Waals surface area contributed by atoms with Crippen LogP contribution >= 0.6 is 0 Å². The van der Waals surface area contributed by atoms with Crippen molar-refractivity contribution in [3.05, 3.63) is 61.3 Å². The molecule has 0 unspecified atom stereocenters. The SMILES string of the molecule is c1cn2c(-c3ccc(-c4ccn[nH]4)cc3)cnc2cn1. The van der Waals surface area contributed by atoms with Crippen LogP contribution in [0.3, 0.4) is 0 Å². The van der Waals surface area contributed by atoms with Crippen molar-refractivity contribution in [2.45, 2.75) is 0 Å². The van der Waals surface area contributed by atoms with Gasteiger partial charge in [-0.1, -0.05) is 24.3 Å². The highest BCUT2D eigenvalue weighted by Crippen LogP contribution is 2.24. The van der Waals surface area contributed by atoms with Crippen molar-refractivity contribution in [2.75, 3.05) is 0 Å². The molecule has 5 nitrogen and oxygen atoms in total. The number of aromatic nitrogens is 5. The topological polar surface area (TPSA) is 58.9 Å². The van der Waals surface area contributed by atoms with Gasteiger partial charge in [0.05, 0.1) is 23.8 Å². The smallest absolute Gasteiger partial charge is 0.155 e. The zero-order valence-electron chi connectivity index (χ0n) is 10.6. The van der Waals surface area contributed by atoms with Crippen LogP contribution in [0.5, 0.6) is 0 Å². The molecule has 0 aliphatic carbocycles. The third-order valence-corrected chi connectivity index (χ3v) is 3.31. The monoisotopic (exact) mass is 261 g/mol. The molecular weight excluding hydrogens is 250 g/mol. The number of hydrogen-bond donors (Lipinski definition) is 1. The lowest BCUT2D eigenvalue weighted by atomic mass is 10.1. The minimum Gasteiger partial charge on any atom is -0.297 e. The second-order valence-corrected chi connectivity index (χ2v) is 4.50. The molecule has 1 N–H and O–H groups in total. The number of nitrogens with one attached hydrogen (secondary N) is 1. The minimum absolute atomic E-state index is 0.847. The highest BCUT2D eigenvalue weighted by molar-refractivity contribution is 5.68. The number of imidazole rings is 1. The number of rotatable bonds is 2. The Morgan fingerprint density at radius 2 is 1.75 bits per heavy atom. The fourth-order valence-electron chi connectivity index (χ4n) is 2.29. The molecule has 0 radical (unpaired) electrons. The maximum absolute atomic E-state index is 4.35. The summed E-state index contributed by atoms with van der Waals surface area (Å²) < 4.78 is 2.03. The van der Waals surface area contributed by atoms with E-state index >= 15 is 0 Å².